The first kappa shape index (κ1) is 17.1. The zero-order valence-corrected chi connectivity index (χ0v) is 12.5. The third-order valence-electron chi connectivity index (χ3n) is 2.93. The molecular weight excluding hydrogens is 222 g/mol. The number of allylic oxidation sites excluding steroid dienone is 2. The van der Waals surface area contributed by atoms with Crippen LogP contribution >= 0.6 is 0 Å². The summed E-state index contributed by atoms with van der Waals surface area (Å²) in [7, 11) is 0. The molecule has 0 aliphatic carbocycles. The zero-order valence-electron chi connectivity index (χ0n) is 12.5. The fourth-order valence-electron chi connectivity index (χ4n) is 2.27. The number of aliphatic imine (C=N–C) groups is 1. The summed E-state index contributed by atoms with van der Waals surface area (Å²) in [6.07, 6.45) is 11.4. The van der Waals surface area contributed by atoms with Crippen molar-refractivity contribution in [2.45, 2.75) is 65.4 Å². The van der Waals surface area contributed by atoms with Gasteiger partial charge in [-0.1, -0.05) is 32.4 Å². The molecule has 0 fully saturated rings. The van der Waals surface area contributed by atoms with E-state index in [4.69, 9.17) is 4.74 Å². The number of nitrogens with zero attached hydrogens (tertiary/aromatic N) is 1. The highest BCUT2D eigenvalue weighted by Crippen LogP contribution is 2.27. The molecule has 0 amide bonds. The number of hydrogen-bond acceptors (Lipinski definition) is 2. The molecule has 0 saturated heterocycles. The second kappa shape index (κ2) is 10.1. The molecule has 0 spiro atoms. The SMILES string of the molecule is C=N/C=C(\C/C=C/CC)CC(C)(CCC)OCC. The zero-order chi connectivity index (χ0) is 13.9. The minimum absolute atomic E-state index is 0.0694. The van der Waals surface area contributed by atoms with Gasteiger partial charge in [0.05, 0.1) is 5.60 Å². The maximum atomic E-state index is 5.93. The molecular formula is C16H29NO. The van der Waals surface area contributed by atoms with Gasteiger partial charge in [-0.3, -0.25) is 4.99 Å². The fraction of sp³-hybridized carbons (Fsp3) is 0.688. The monoisotopic (exact) mass is 251 g/mol. The molecule has 2 heteroatoms. The first-order valence-corrected chi connectivity index (χ1v) is 7.04. The predicted octanol–water partition coefficient (Wildman–Crippen LogP) is 4.91. The van der Waals surface area contributed by atoms with Crippen molar-refractivity contribution in [2.75, 3.05) is 6.61 Å². The van der Waals surface area contributed by atoms with Gasteiger partial charge in [0.15, 0.2) is 0 Å². The summed E-state index contributed by atoms with van der Waals surface area (Å²) in [5.41, 5.74) is 1.22. The van der Waals surface area contributed by atoms with Gasteiger partial charge in [-0.25, -0.2) is 0 Å². The second-order valence-electron chi connectivity index (χ2n) is 4.86. The van der Waals surface area contributed by atoms with Crippen LogP contribution in [0.3, 0.4) is 0 Å². The van der Waals surface area contributed by atoms with E-state index in [1.165, 1.54) is 5.57 Å². The molecule has 0 aliphatic heterocycles. The van der Waals surface area contributed by atoms with Gasteiger partial charge in [-0.2, -0.15) is 0 Å². The number of ether oxygens (including phenoxy) is 1. The van der Waals surface area contributed by atoms with Crippen LogP contribution in [0, 0.1) is 0 Å². The lowest BCUT2D eigenvalue weighted by molar-refractivity contribution is -0.0312. The van der Waals surface area contributed by atoms with Crippen LogP contribution in [0.2, 0.25) is 0 Å². The highest BCUT2D eigenvalue weighted by Gasteiger charge is 2.24. The van der Waals surface area contributed by atoms with Crippen molar-refractivity contribution in [2.24, 2.45) is 4.99 Å². The van der Waals surface area contributed by atoms with Crippen molar-refractivity contribution in [3.8, 4) is 0 Å². The Morgan fingerprint density at radius 1 is 1.28 bits per heavy atom. The van der Waals surface area contributed by atoms with E-state index >= 15 is 0 Å². The third kappa shape index (κ3) is 7.44. The molecule has 1 atom stereocenters. The fourth-order valence-corrected chi connectivity index (χ4v) is 2.27. The number of hydrogen-bond donors (Lipinski definition) is 0. The molecule has 0 aromatic carbocycles. The van der Waals surface area contributed by atoms with Gasteiger partial charge in [0.2, 0.25) is 0 Å². The highest BCUT2D eigenvalue weighted by molar-refractivity contribution is 5.27. The lowest BCUT2D eigenvalue weighted by Gasteiger charge is -2.30. The summed E-state index contributed by atoms with van der Waals surface area (Å²) in [6.45, 7) is 12.9. The average molecular weight is 251 g/mol. The molecule has 18 heavy (non-hydrogen) atoms. The summed E-state index contributed by atoms with van der Waals surface area (Å²) in [6, 6.07) is 0. The third-order valence-corrected chi connectivity index (χ3v) is 2.93. The van der Waals surface area contributed by atoms with Crippen molar-refractivity contribution in [3.63, 3.8) is 0 Å². The average Bonchev–Trinajstić information content (AvgIpc) is 2.30. The van der Waals surface area contributed by atoms with Crippen LogP contribution in [0.4, 0.5) is 0 Å². The van der Waals surface area contributed by atoms with Crippen molar-refractivity contribution in [3.05, 3.63) is 23.9 Å². The molecule has 0 bridgehead atoms. The molecule has 0 rings (SSSR count). The molecule has 0 heterocycles. The van der Waals surface area contributed by atoms with Gasteiger partial charge in [-0.05, 0) is 51.8 Å². The van der Waals surface area contributed by atoms with Crippen molar-refractivity contribution < 1.29 is 4.74 Å². The smallest absolute Gasteiger partial charge is 0.0692 e. The minimum Gasteiger partial charge on any atom is -0.375 e. The van der Waals surface area contributed by atoms with Crippen LogP contribution in [-0.4, -0.2) is 18.9 Å². The van der Waals surface area contributed by atoms with Crippen molar-refractivity contribution >= 4 is 6.72 Å². The first-order chi connectivity index (χ1) is 8.61. The van der Waals surface area contributed by atoms with E-state index in [0.717, 1.165) is 38.7 Å². The summed E-state index contributed by atoms with van der Waals surface area (Å²) in [5.74, 6) is 0. The Morgan fingerprint density at radius 2 is 2.00 bits per heavy atom. The normalized spacial score (nSPS) is 15.9. The lowest BCUT2D eigenvalue weighted by Crippen LogP contribution is -2.29. The molecule has 0 aliphatic rings. The van der Waals surface area contributed by atoms with Gasteiger partial charge >= 0.3 is 0 Å². The molecule has 0 aromatic heterocycles. The van der Waals surface area contributed by atoms with Crippen LogP contribution < -0.4 is 0 Å². The van der Waals surface area contributed by atoms with E-state index in [9.17, 15) is 0 Å². The van der Waals surface area contributed by atoms with Crippen molar-refractivity contribution in [1.29, 1.82) is 0 Å². The Morgan fingerprint density at radius 3 is 2.50 bits per heavy atom. The van der Waals surface area contributed by atoms with Gasteiger partial charge in [0, 0.05) is 12.8 Å². The second-order valence-corrected chi connectivity index (χ2v) is 4.86. The summed E-state index contributed by atoms with van der Waals surface area (Å²) in [5, 5.41) is 0. The molecule has 104 valence electrons. The Hall–Kier alpha value is -0.890. The topological polar surface area (TPSA) is 21.6 Å². The van der Waals surface area contributed by atoms with Crippen LogP contribution in [0.1, 0.15) is 59.8 Å². The first-order valence-electron chi connectivity index (χ1n) is 7.04. The van der Waals surface area contributed by atoms with Crippen LogP contribution in [0.15, 0.2) is 28.9 Å². The lowest BCUT2D eigenvalue weighted by atomic mass is 9.90. The van der Waals surface area contributed by atoms with Gasteiger partial charge in [0.1, 0.15) is 0 Å². The molecule has 0 radical (unpaired) electrons. The predicted molar refractivity (Wildman–Crippen MR) is 81.2 cm³/mol. The summed E-state index contributed by atoms with van der Waals surface area (Å²) >= 11 is 0. The summed E-state index contributed by atoms with van der Waals surface area (Å²) in [4.78, 5) is 3.92. The van der Waals surface area contributed by atoms with E-state index in [-0.39, 0.29) is 5.60 Å². The van der Waals surface area contributed by atoms with Gasteiger partial charge in [0.25, 0.3) is 0 Å². The van der Waals surface area contributed by atoms with Gasteiger partial charge in [-0.15, -0.1) is 0 Å². The number of rotatable bonds is 10. The Kier molecular flexibility index (Phi) is 9.57. The molecule has 2 nitrogen and oxygen atoms in total. The van der Waals surface area contributed by atoms with Crippen LogP contribution in [0.25, 0.3) is 0 Å². The molecule has 0 aromatic rings. The maximum Gasteiger partial charge on any atom is 0.0692 e. The standard InChI is InChI=1S/C16H29NO/c1-6-9-10-11-15(14-17-5)13-16(4,12-7-2)18-8-3/h9-10,14H,5-8,11-13H2,1-4H3/b10-9+,15-14+. The molecule has 0 N–H and O–H groups in total. The van der Waals surface area contributed by atoms with E-state index in [0.29, 0.717) is 0 Å². The Labute approximate surface area is 113 Å². The molecule has 0 saturated carbocycles. The van der Waals surface area contributed by atoms with Crippen molar-refractivity contribution in [1.82, 2.24) is 0 Å². The van der Waals surface area contributed by atoms with E-state index in [1.54, 1.807) is 0 Å². The minimum atomic E-state index is -0.0694. The summed E-state index contributed by atoms with van der Waals surface area (Å²) < 4.78 is 5.93. The van der Waals surface area contributed by atoms with E-state index in [1.807, 2.05) is 6.20 Å². The van der Waals surface area contributed by atoms with Crippen LogP contribution in [-0.2, 0) is 4.74 Å². The largest absolute Gasteiger partial charge is 0.375 e. The van der Waals surface area contributed by atoms with E-state index < -0.39 is 0 Å². The molecule has 1 unspecified atom stereocenters. The maximum absolute atomic E-state index is 5.93. The Balaban J connectivity index is 4.65. The highest BCUT2D eigenvalue weighted by atomic mass is 16.5. The van der Waals surface area contributed by atoms with Gasteiger partial charge < -0.3 is 4.74 Å². The Bertz CT molecular complexity index is 273. The quantitative estimate of drug-likeness (QED) is 0.399. The van der Waals surface area contributed by atoms with Crippen LogP contribution in [0.5, 0.6) is 0 Å². The van der Waals surface area contributed by atoms with E-state index in [2.05, 4.69) is 51.6 Å².